The number of hydrogen-bond acceptors (Lipinski definition) is 5. The Balaban J connectivity index is 2.04. The lowest BCUT2D eigenvalue weighted by atomic mass is 10.1. The number of anilines is 2. The fourth-order valence-corrected chi connectivity index (χ4v) is 3.51. The van der Waals surface area contributed by atoms with E-state index in [1.165, 1.54) is 4.70 Å². The minimum absolute atomic E-state index is 0.410. The van der Waals surface area contributed by atoms with Crippen LogP contribution in [0.25, 0.3) is 10.2 Å². The molecule has 3 rings (SSSR count). The summed E-state index contributed by atoms with van der Waals surface area (Å²) in [7, 11) is 0. The van der Waals surface area contributed by atoms with Gasteiger partial charge in [0, 0.05) is 6.54 Å². The average Bonchev–Trinajstić information content (AvgIpc) is 2.77. The normalized spacial score (nSPS) is 20.1. The molecule has 0 radical (unpaired) electrons. The van der Waals surface area contributed by atoms with Gasteiger partial charge in [0.1, 0.15) is 0 Å². The summed E-state index contributed by atoms with van der Waals surface area (Å²) in [4.78, 5) is 6.93. The number of morpholine rings is 1. The molecule has 1 aromatic heterocycles. The van der Waals surface area contributed by atoms with E-state index in [-0.39, 0.29) is 0 Å². The van der Waals surface area contributed by atoms with Gasteiger partial charge in [0.25, 0.3) is 0 Å². The molecule has 1 atom stereocenters. The van der Waals surface area contributed by atoms with Crippen LogP contribution in [-0.4, -0.2) is 30.8 Å². The summed E-state index contributed by atoms with van der Waals surface area (Å²) in [6, 6.07) is 4.59. The Labute approximate surface area is 117 Å². The zero-order valence-electron chi connectivity index (χ0n) is 11.3. The van der Waals surface area contributed by atoms with Crippen molar-refractivity contribution in [3.8, 4) is 0 Å². The maximum absolute atomic E-state index is 6.24. The van der Waals surface area contributed by atoms with Gasteiger partial charge in [-0.2, -0.15) is 0 Å². The number of nitrogens with two attached hydrogens (primary N) is 1. The molecule has 2 aromatic rings. The number of nitrogens with zero attached hydrogens (tertiary/aromatic N) is 2. The van der Waals surface area contributed by atoms with Crippen molar-refractivity contribution in [2.45, 2.75) is 26.3 Å². The molecular weight excluding hydrogens is 258 g/mol. The smallest absolute Gasteiger partial charge is 0.0907 e. The topological polar surface area (TPSA) is 51.4 Å². The van der Waals surface area contributed by atoms with Gasteiger partial charge < -0.3 is 15.4 Å². The van der Waals surface area contributed by atoms with Crippen LogP contribution in [0, 0.1) is 6.92 Å². The van der Waals surface area contributed by atoms with Crippen LogP contribution >= 0.6 is 11.3 Å². The van der Waals surface area contributed by atoms with Gasteiger partial charge in [-0.3, -0.25) is 0 Å². The Morgan fingerprint density at radius 1 is 1.53 bits per heavy atom. The molecule has 2 N–H and O–H groups in total. The van der Waals surface area contributed by atoms with E-state index in [1.54, 1.807) is 11.3 Å². The molecule has 1 aliphatic rings. The number of benzene rings is 1. The summed E-state index contributed by atoms with van der Waals surface area (Å²) >= 11 is 1.69. The predicted octanol–water partition coefficient (Wildman–Crippen LogP) is 2.80. The summed E-state index contributed by atoms with van der Waals surface area (Å²) in [6.07, 6.45) is 1.06. The van der Waals surface area contributed by atoms with Crippen LogP contribution in [-0.2, 0) is 4.74 Å². The van der Waals surface area contributed by atoms with Crippen LogP contribution in [0.5, 0.6) is 0 Å². The molecule has 5 heteroatoms. The van der Waals surface area contributed by atoms with Gasteiger partial charge in [-0.15, -0.1) is 11.3 Å². The number of thiazole rings is 1. The van der Waals surface area contributed by atoms with E-state index in [2.05, 4.69) is 28.9 Å². The first-order chi connectivity index (χ1) is 9.19. The third kappa shape index (κ3) is 2.28. The quantitative estimate of drug-likeness (QED) is 0.858. The molecule has 1 saturated heterocycles. The third-order valence-electron chi connectivity index (χ3n) is 3.65. The Morgan fingerprint density at radius 3 is 3.16 bits per heavy atom. The van der Waals surface area contributed by atoms with Gasteiger partial charge in [-0.05, 0) is 25.5 Å². The second kappa shape index (κ2) is 4.98. The molecule has 102 valence electrons. The minimum Gasteiger partial charge on any atom is -0.397 e. The molecule has 0 saturated carbocycles. The van der Waals surface area contributed by atoms with Crippen molar-refractivity contribution in [3.05, 3.63) is 17.1 Å². The van der Waals surface area contributed by atoms with Gasteiger partial charge in [0.05, 0.1) is 45.9 Å². The van der Waals surface area contributed by atoms with Crippen molar-refractivity contribution >= 4 is 32.9 Å². The molecule has 0 spiro atoms. The van der Waals surface area contributed by atoms with E-state index in [0.29, 0.717) is 6.04 Å². The summed E-state index contributed by atoms with van der Waals surface area (Å²) < 4.78 is 6.73. The third-order valence-corrected chi connectivity index (χ3v) is 4.59. The van der Waals surface area contributed by atoms with Crippen molar-refractivity contribution in [2.75, 3.05) is 30.4 Å². The molecule has 0 bridgehead atoms. The predicted molar refractivity (Wildman–Crippen MR) is 81.0 cm³/mol. The fraction of sp³-hybridized carbons (Fsp3) is 0.500. The molecule has 2 heterocycles. The van der Waals surface area contributed by atoms with Crippen molar-refractivity contribution < 1.29 is 4.74 Å². The van der Waals surface area contributed by atoms with Gasteiger partial charge in [-0.25, -0.2) is 4.98 Å². The van der Waals surface area contributed by atoms with Crippen LogP contribution in [0.15, 0.2) is 12.1 Å². The van der Waals surface area contributed by atoms with E-state index in [0.717, 1.165) is 48.1 Å². The first kappa shape index (κ1) is 12.7. The first-order valence-corrected chi connectivity index (χ1v) is 7.51. The van der Waals surface area contributed by atoms with Crippen LogP contribution < -0.4 is 10.6 Å². The van der Waals surface area contributed by atoms with Crippen molar-refractivity contribution in [3.63, 3.8) is 0 Å². The number of nitrogen functional groups attached to an aromatic ring is 1. The standard InChI is InChI=1S/C14H19N3OS/c1-3-10-8-18-5-4-17(10)13-7-12-14(6-11(13)15)19-9(2)16-12/h6-7,10H,3-5,8,15H2,1-2H3. The summed E-state index contributed by atoms with van der Waals surface area (Å²) in [5.41, 5.74) is 9.24. The maximum Gasteiger partial charge on any atom is 0.0907 e. The lowest BCUT2D eigenvalue weighted by Crippen LogP contribution is -2.45. The SMILES string of the molecule is CCC1COCCN1c1cc2nc(C)sc2cc1N. The van der Waals surface area contributed by atoms with Gasteiger partial charge >= 0.3 is 0 Å². The zero-order chi connectivity index (χ0) is 13.4. The summed E-state index contributed by atoms with van der Waals surface area (Å²) in [6.45, 7) is 6.67. The molecule has 1 unspecified atom stereocenters. The Kier molecular flexibility index (Phi) is 3.33. The molecule has 0 amide bonds. The largest absolute Gasteiger partial charge is 0.397 e. The van der Waals surface area contributed by atoms with Crippen molar-refractivity contribution in [1.29, 1.82) is 0 Å². The molecule has 19 heavy (non-hydrogen) atoms. The number of aromatic nitrogens is 1. The van der Waals surface area contributed by atoms with E-state index in [9.17, 15) is 0 Å². The number of ether oxygens (including phenoxy) is 1. The Hall–Kier alpha value is -1.33. The lowest BCUT2D eigenvalue weighted by Gasteiger charge is -2.37. The maximum atomic E-state index is 6.24. The first-order valence-electron chi connectivity index (χ1n) is 6.70. The highest BCUT2D eigenvalue weighted by molar-refractivity contribution is 7.18. The molecule has 0 aliphatic carbocycles. The lowest BCUT2D eigenvalue weighted by molar-refractivity contribution is 0.0931. The highest BCUT2D eigenvalue weighted by Crippen LogP contribution is 2.34. The monoisotopic (exact) mass is 277 g/mol. The van der Waals surface area contributed by atoms with Gasteiger partial charge in [0.2, 0.25) is 0 Å². The van der Waals surface area contributed by atoms with Gasteiger partial charge in [-0.1, -0.05) is 6.92 Å². The number of aryl methyl sites for hydroxylation is 1. The molecule has 1 aliphatic heterocycles. The summed E-state index contributed by atoms with van der Waals surface area (Å²) in [5, 5.41) is 1.08. The molecule has 1 fully saturated rings. The van der Waals surface area contributed by atoms with E-state index in [4.69, 9.17) is 10.5 Å². The van der Waals surface area contributed by atoms with Crippen LogP contribution in [0.4, 0.5) is 11.4 Å². The molecule has 4 nitrogen and oxygen atoms in total. The van der Waals surface area contributed by atoms with Crippen LogP contribution in [0.1, 0.15) is 18.4 Å². The van der Waals surface area contributed by atoms with E-state index >= 15 is 0 Å². The number of hydrogen-bond donors (Lipinski definition) is 1. The zero-order valence-corrected chi connectivity index (χ0v) is 12.2. The van der Waals surface area contributed by atoms with Crippen molar-refractivity contribution in [1.82, 2.24) is 4.98 Å². The second-order valence-electron chi connectivity index (χ2n) is 4.94. The fourth-order valence-electron chi connectivity index (χ4n) is 2.65. The molecular formula is C14H19N3OS. The highest BCUT2D eigenvalue weighted by atomic mass is 32.1. The van der Waals surface area contributed by atoms with Crippen molar-refractivity contribution in [2.24, 2.45) is 0 Å². The minimum atomic E-state index is 0.410. The highest BCUT2D eigenvalue weighted by Gasteiger charge is 2.23. The second-order valence-corrected chi connectivity index (χ2v) is 6.18. The Morgan fingerprint density at radius 2 is 2.37 bits per heavy atom. The van der Waals surface area contributed by atoms with Crippen LogP contribution in [0.2, 0.25) is 0 Å². The van der Waals surface area contributed by atoms with Gasteiger partial charge in [0.15, 0.2) is 0 Å². The summed E-state index contributed by atoms with van der Waals surface area (Å²) in [5.74, 6) is 0. The molecule has 1 aromatic carbocycles. The Bertz CT molecular complexity index is 596. The number of rotatable bonds is 2. The van der Waals surface area contributed by atoms with Crippen LogP contribution in [0.3, 0.4) is 0 Å². The van der Waals surface area contributed by atoms with E-state index in [1.807, 2.05) is 6.92 Å². The average molecular weight is 277 g/mol. The number of fused-ring (bicyclic) bond motifs is 1. The van der Waals surface area contributed by atoms with E-state index < -0.39 is 0 Å².